The van der Waals surface area contributed by atoms with Crippen molar-refractivity contribution in [3.63, 3.8) is 0 Å². The van der Waals surface area contributed by atoms with Crippen molar-refractivity contribution in [3.8, 4) is 5.75 Å². The Morgan fingerprint density at radius 1 is 1.29 bits per heavy atom. The van der Waals surface area contributed by atoms with Crippen molar-refractivity contribution in [1.29, 1.82) is 0 Å². The van der Waals surface area contributed by atoms with E-state index in [4.69, 9.17) is 26.8 Å². The molecule has 0 saturated carbocycles. The summed E-state index contributed by atoms with van der Waals surface area (Å²) in [6.45, 7) is 5.02. The Balaban J connectivity index is 1.45. The number of nitrogens with one attached hydrogen (secondary N) is 2. The second-order valence-corrected chi connectivity index (χ2v) is 9.48. The predicted octanol–water partition coefficient (Wildman–Crippen LogP) is 2.91. The zero-order valence-electron chi connectivity index (χ0n) is 21.2. The lowest BCUT2D eigenvalue weighted by atomic mass is 9.99. The number of hydrogen-bond donors (Lipinski definition) is 3. The Hall–Kier alpha value is -4.03. The Morgan fingerprint density at radius 2 is 2.05 bits per heavy atom. The number of nitrogens with zero attached hydrogens (tertiary/aromatic N) is 5. The van der Waals surface area contributed by atoms with Crippen LogP contribution in [-0.2, 0) is 20.9 Å². The summed E-state index contributed by atoms with van der Waals surface area (Å²) in [5, 5.41) is 2.89. The molecule has 13 heteroatoms. The van der Waals surface area contributed by atoms with Gasteiger partial charge in [-0.1, -0.05) is 11.6 Å². The third kappa shape index (κ3) is 4.79. The van der Waals surface area contributed by atoms with E-state index in [0.29, 0.717) is 54.7 Å². The number of ether oxygens (including phenoxy) is 2. The lowest BCUT2D eigenvalue weighted by Crippen LogP contribution is -2.28. The molecule has 0 aromatic carbocycles. The Labute approximate surface area is 223 Å². The molecule has 0 unspecified atom stereocenters. The molecule has 3 aromatic rings. The van der Waals surface area contributed by atoms with Gasteiger partial charge in [0.15, 0.2) is 5.82 Å². The molecule has 4 N–H and O–H groups in total. The summed E-state index contributed by atoms with van der Waals surface area (Å²) in [5.74, 6) is 1.09. The summed E-state index contributed by atoms with van der Waals surface area (Å²) in [4.78, 5) is 47.9. The molecule has 2 aliphatic rings. The first kappa shape index (κ1) is 25.6. The highest BCUT2D eigenvalue weighted by atomic mass is 35.5. The molecule has 0 spiro atoms. The second-order valence-electron chi connectivity index (χ2n) is 9.12. The normalized spacial score (nSPS) is 16.7. The predicted molar refractivity (Wildman–Crippen MR) is 142 cm³/mol. The number of halogens is 1. The highest BCUT2D eigenvalue weighted by Crippen LogP contribution is 2.41. The number of fused-ring (bicyclic) bond motifs is 1. The first-order chi connectivity index (χ1) is 18.3. The van der Waals surface area contributed by atoms with Gasteiger partial charge in [0.1, 0.15) is 22.5 Å². The Morgan fingerprint density at radius 3 is 2.79 bits per heavy atom. The van der Waals surface area contributed by atoms with Gasteiger partial charge in [-0.05, 0) is 32.8 Å². The van der Waals surface area contributed by atoms with E-state index in [1.54, 1.807) is 19.4 Å². The number of rotatable bonds is 6. The monoisotopic (exact) mass is 538 g/mol. The van der Waals surface area contributed by atoms with Crippen molar-refractivity contribution in [1.82, 2.24) is 24.9 Å². The molecule has 2 amide bonds. The lowest BCUT2D eigenvalue weighted by molar-refractivity contribution is -0.122. The number of aromatic nitrogens is 5. The van der Waals surface area contributed by atoms with Crippen LogP contribution in [0.5, 0.6) is 5.75 Å². The number of methoxy groups -OCH3 is 1. The number of carbonyl (C=O) groups is 2. The summed E-state index contributed by atoms with van der Waals surface area (Å²) in [5.41, 5.74) is 8.77. The van der Waals surface area contributed by atoms with Crippen molar-refractivity contribution in [2.24, 2.45) is 5.92 Å². The molecule has 12 nitrogen and oxygen atoms in total. The van der Waals surface area contributed by atoms with Crippen LogP contribution in [0.15, 0.2) is 12.4 Å². The standard InChI is InChI=1S/C25H27ClN8O4/c1-12-9-28-16(13(2)20(12)37-3)11-34-22-19(21(26)32-25(27)33-22)15(24(34)36)8-17-29-10-18(30-17)31-23(35)14-4-6-38-7-5-14/h8-10,14H,4-7,11H2,1-3H3,(H,29,30)(H,31,35)(H2,27,32,33)/b15-8+. The summed E-state index contributed by atoms with van der Waals surface area (Å²) in [7, 11) is 1.59. The molecule has 5 heterocycles. The highest BCUT2D eigenvalue weighted by molar-refractivity contribution is 6.41. The van der Waals surface area contributed by atoms with Crippen LogP contribution in [0, 0.1) is 19.8 Å². The van der Waals surface area contributed by atoms with Crippen LogP contribution in [0.25, 0.3) is 11.6 Å². The van der Waals surface area contributed by atoms with Gasteiger partial charge in [-0.2, -0.15) is 4.98 Å². The Bertz CT molecular complexity index is 1450. The average Bonchev–Trinajstić information content (AvgIpc) is 3.44. The fourth-order valence-electron chi connectivity index (χ4n) is 4.68. The van der Waals surface area contributed by atoms with Crippen molar-refractivity contribution in [2.75, 3.05) is 36.3 Å². The fraction of sp³-hybridized carbons (Fsp3) is 0.360. The van der Waals surface area contributed by atoms with Gasteiger partial charge in [-0.3, -0.25) is 19.5 Å². The van der Waals surface area contributed by atoms with Crippen molar-refractivity contribution in [3.05, 3.63) is 45.8 Å². The number of amides is 2. The van der Waals surface area contributed by atoms with E-state index in [9.17, 15) is 9.59 Å². The van der Waals surface area contributed by atoms with E-state index in [1.807, 2.05) is 13.8 Å². The van der Waals surface area contributed by atoms with Crippen molar-refractivity contribution >= 4 is 52.6 Å². The average molecular weight is 539 g/mol. The van der Waals surface area contributed by atoms with Crippen LogP contribution >= 0.6 is 11.6 Å². The zero-order valence-corrected chi connectivity index (χ0v) is 21.9. The summed E-state index contributed by atoms with van der Waals surface area (Å²) < 4.78 is 10.8. The first-order valence-electron chi connectivity index (χ1n) is 12.1. The van der Waals surface area contributed by atoms with Gasteiger partial charge in [0.25, 0.3) is 5.91 Å². The van der Waals surface area contributed by atoms with Crippen molar-refractivity contribution < 1.29 is 19.1 Å². The van der Waals surface area contributed by atoms with Crippen LogP contribution in [0.4, 0.5) is 17.6 Å². The number of nitrogen functional groups attached to an aromatic ring is 1. The SMILES string of the molecule is COc1c(C)cnc(CN2C(=O)/C(=C/c3ncc(NC(=O)C4CCOCC4)[nH]3)c3c(Cl)nc(N)nc32)c1C. The minimum atomic E-state index is -0.369. The molecule has 1 saturated heterocycles. The third-order valence-corrected chi connectivity index (χ3v) is 6.92. The van der Waals surface area contributed by atoms with Gasteiger partial charge in [0.05, 0.1) is 36.7 Å². The van der Waals surface area contributed by atoms with E-state index >= 15 is 0 Å². The first-order valence-corrected chi connectivity index (χ1v) is 12.4. The van der Waals surface area contributed by atoms with Crippen LogP contribution in [0.2, 0.25) is 5.15 Å². The molecule has 2 aliphatic heterocycles. The number of imidazole rings is 1. The van der Waals surface area contributed by atoms with E-state index in [2.05, 4.69) is 30.2 Å². The molecule has 3 aromatic heterocycles. The zero-order chi connectivity index (χ0) is 27.0. The Kier molecular flexibility index (Phi) is 7.00. The van der Waals surface area contributed by atoms with Crippen molar-refractivity contribution in [2.45, 2.75) is 33.2 Å². The largest absolute Gasteiger partial charge is 0.496 e. The molecular weight excluding hydrogens is 512 g/mol. The molecule has 0 aliphatic carbocycles. The van der Waals surface area contributed by atoms with Crippen LogP contribution in [-0.4, -0.2) is 57.1 Å². The molecule has 0 bridgehead atoms. The van der Waals surface area contributed by atoms with E-state index in [1.165, 1.54) is 11.1 Å². The summed E-state index contributed by atoms with van der Waals surface area (Å²) in [6, 6.07) is 0. The quantitative estimate of drug-likeness (QED) is 0.316. The minimum Gasteiger partial charge on any atom is -0.496 e. The number of aromatic amines is 1. The van der Waals surface area contributed by atoms with Gasteiger partial charge in [-0.15, -0.1) is 0 Å². The maximum absolute atomic E-state index is 13.7. The molecule has 1 fully saturated rings. The van der Waals surface area contributed by atoms with E-state index in [0.717, 1.165) is 11.1 Å². The third-order valence-electron chi connectivity index (χ3n) is 6.65. The number of H-pyrrole nitrogens is 1. The van der Waals surface area contributed by atoms with Crippen LogP contribution < -0.4 is 20.7 Å². The van der Waals surface area contributed by atoms with Gasteiger partial charge in [-0.25, -0.2) is 9.97 Å². The van der Waals surface area contributed by atoms with Gasteiger partial charge in [0, 0.05) is 36.5 Å². The molecule has 0 atom stereocenters. The van der Waals surface area contributed by atoms with Gasteiger partial charge >= 0.3 is 0 Å². The van der Waals surface area contributed by atoms with Gasteiger partial charge < -0.3 is 25.5 Å². The molecular formula is C25H27ClN8O4. The van der Waals surface area contributed by atoms with E-state index < -0.39 is 0 Å². The summed E-state index contributed by atoms with van der Waals surface area (Å²) in [6.07, 6.45) is 6.07. The maximum atomic E-state index is 13.7. The maximum Gasteiger partial charge on any atom is 0.260 e. The number of hydrogen-bond acceptors (Lipinski definition) is 9. The molecule has 0 radical (unpaired) electrons. The minimum absolute atomic E-state index is 0.0420. The number of anilines is 3. The topological polar surface area (TPSA) is 161 Å². The number of aryl methyl sites for hydroxylation is 1. The second kappa shape index (κ2) is 10.4. The highest BCUT2D eigenvalue weighted by Gasteiger charge is 2.38. The van der Waals surface area contributed by atoms with E-state index in [-0.39, 0.29) is 46.8 Å². The van der Waals surface area contributed by atoms with Gasteiger partial charge in [0.2, 0.25) is 11.9 Å². The number of carbonyl (C=O) groups excluding carboxylic acids is 2. The van der Waals surface area contributed by atoms with Crippen LogP contribution in [0.1, 0.15) is 41.1 Å². The summed E-state index contributed by atoms with van der Waals surface area (Å²) >= 11 is 6.44. The molecule has 38 heavy (non-hydrogen) atoms. The smallest absolute Gasteiger partial charge is 0.260 e. The molecule has 5 rings (SSSR count). The lowest BCUT2D eigenvalue weighted by Gasteiger charge is -2.20. The fourth-order valence-corrected chi connectivity index (χ4v) is 4.95. The number of pyridine rings is 1. The molecule has 198 valence electrons. The number of nitrogens with two attached hydrogens (primary N) is 1. The van der Waals surface area contributed by atoms with Crippen LogP contribution in [0.3, 0.4) is 0 Å².